The van der Waals surface area contributed by atoms with Gasteiger partial charge in [-0.25, -0.2) is 4.39 Å². The van der Waals surface area contributed by atoms with Crippen LogP contribution >= 0.6 is 11.6 Å². The summed E-state index contributed by atoms with van der Waals surface area (Å²) in [5.41, 5.74) is -1.63. The maximum atomic E-state index is 13.0. The number of rotatable bonds is 3. The van der Waals surface area contributed by atoms with E-state index in [1.165, 1.54) is 6.92 Å². The third-order valence-corrected chi connectivity index (χ3v) is 2.51. The van der Waals surface area contributed by atoms with E-state index in [9.17, 15) is 22.4 Å². The first-order valence-electron chi connectivity index (χ1n) is 4.94. The standard InChI is InChI=1S/C11H9ClF4O2/c1-2-18-10(17)9(12)6-3-4-8(13)7(5-6)11(14,15)16/h3-5,9H,2H2,1H3. The minimum atomic E-state index is -4.84. The van der Waals surface area contributed by atoms with E-state index in [0.717, 1.165) is 6.07 Å². The second-order valence-corrected chi connectivity index (χ2v) is 3.79. The summed E-state index contributed by atoms with van der Waals surface area (Å²) < 4.78 is 54.9. The Balaban J connectivity index is 3.09. The van der Waals surface area contributed by atoms with Gasteiger partial charge in [-0.3, -0.25) is 4.79 Å². The van der Waals surface area contributed by atoms with Crippen molar-refractivity contribution in [2.24, 2.45) is 0 Å². The molecule has 1 unspecified atom stereocenters. The minimum Gasteiger partial charge on any atom is -0.465 e. The Morgan fingerprint density at radius 3 is 2.56 bits per heavy atom. The van der Waals surface area contributed by atoms with Crippen molar-refractivity contribution in [2.45, 2.75) is 18.5 Å². The molecule has 0 aromatic heterocycles. The Morgan fingerprint density at radius 2 is 2.06 bits per heavy atom. The van der Waals surface area contributed by atoms with Crippen molar-refractivity contribution >= 4 is 17.6 Å². The molecule has 0 radical (unpaired) electrons. The number of benzene rings is 1. The largest absolute Gasteiger partial charge is 0.465 e. The molecule has 7 heteroatoms. The molecule has 100 valence electrons. The van der Waals surface area contributed by atoms with Crippen LogP contribution in [0.5, 0.6) is 0 Å². The van der Waals surface area contributed by atoms with Crippen LogP contribution in [-0.2, 0) is 15.7 Å². The molecule has 1 aromatic rings. The van der Waals surface area contributed by atoms with Crippen LogP contribution in [0.4, 0.5) is 17.6 Å². The van der Waals surface area contributed by atoms with Crippen LogP contribution in [0.3, 0.4) is 0 Å². The van der Waals surface area contributed by atoms with Gasteiger partial charge in [0.1, 0.15) is 5.82 Å². The smallest absolute Gasteiger partial charge is 0.419 e. The van der Waals surface area contributed by atoms with E-state index in [2.05, 4.69) is 4.74 Å². The summed E-state index contributed by atoms with van der Waals surface area (Å²) >= 11 is 5.65. The fourth-order valence-electron chi connectivity index (χ4n) is 1.27. The number of esters is 1. The van der Waals surface area contributed by atoms with Crippen LogP contribution in [0.15, 0.2) is 18.2 Å². The third kappa shape index (κ3) is 3.35. The topological polar surface area (TPSA) is 26.3 Å². The molecule has 0 saturated heterocycles. The van der Waals surface area contributed by atoms with Crippen molar-refractivity contribution in [3.63, 3.8) is 0 Å². The summed E-state index contributed by atoms with van der Waals surface area (Å²) in [6.07, 6.45) is -4.84. The van der Waals surface area contributed by atoms with Gasteiger partial charge in [-0.15, -0.1) is 11.6 Å². The van der Waals surface area contributed by atoms with Crippen molar-refractivity contribution < 1.29 is 27.1 Å². The normalized spacial score (nSPS) is 13.2. The Hall–Kier alpha value is -1.30. The minimum absolute atomic E-state index is 0.0510. The van der Waals surface area contributed by atoms with Gasteiger partial charge in [0, 0.05) is 0 Å². The number of ether oxygens (including phenoxy) is 1. The SMILES string of the molecule is CCOC(=O)C(Cl)c1ccc(F)c(C(F)(F)F)c1. The summed E-state index contributed by atoms with van der Waals surface area (Å²) in [4.78, 5) is 11.3. The molecule has 0 saturated carbocycles. The van der Waals surface area contributed by atoms with Gasteiger partial charge < -0.3 is 4.74 Å². The molecule has 0 fully saturated rings. The zero-order valence-corrected chi connectivity index (χ0v) is 9.98. The maximum absolute atomic E-state index is 13.0. The van der Waals surface area contributed by atoms with Crippen LogP contribution in [0, 0.1) is 5.82 Å². The van der Waals surface area contributed by atoms with Gasteiger partial charge in [-0.05, 0) is 24.6 Å². The van der Waals surface area contributed by atoms with Crippen LogP contribution in [-0.4, -0.2) is 12.6 Å². The first kappa shape index (κ1) is 14.8. The lowest BCUT2D eigenvalue weighted by Gasteiger charge is -2.13. The molecule has 18 heavy (non-hydrogen) atoms. The molecule has 1 aromatic carbocycles. The Labute approximate surface area is 105 Å². The molecule has 0 aliphatic carbocycles. The summed E-state index contributed by atoms with van der Waals surface area (Å²) in [5.74, 6) is -2.29. The van der Waals surface area contributed by atoms with Gasteiger partial charge in [-0.2, -0.15) is 13.2 Å². The molecule has 0 bridgehead atoms. The zero-order chi connectivity index (χ0) is 13.9. The van der Waals surface area contributed by atoms with Crippen LogP contribution in [0.1, 0.15) is 23.4 Å². The van der Waals surface area contributed by atoms with Gasteiger partial charge >= 0.3 is 12.1 Å². The van der Waals surface area contributed by atoms with Gasteiger partial charge in [0.25, 0.3) is 0 Å². The Kier molecular flexibility index (Phi) is 4.56. The van der Waals surface area contributed by atoms with Crippen molar-refractivity contribution in [1.29, 1.82) is 0 Å². The lowest BCUT2D eigenvalue weighted by atomic mass is 10.1. The molecule has 0 heterocycles. The van der Waals surface area contributed by atoms with Gasteiger partial charge in [0.05, 0.1) is 12.2 Å². The van der Waals surface area contributed by atoms with Gasteiger partial charge in [-0.1, -0.05) is 6.07 Å². The van der Waals surface area contributed by atoms with E-state index in [4.69, 9.17) is 11.6 Å². The fraction of sp³-hybridized carbons (Fsp3) is 0.364. The second kappa shape index (κ2) is 5.56. The molecular weight excluding hydrogens is 276 g/mol. The highest BCUT2D eigenvalue weighted by atomic mass is 35.5. The molecule has 1 rings (SSSR count). The number of hydrogen-bond acceptors (Lipinski definition) is 2. The highest BCUT2D eigenvalue weighted by Gasteiger charge is 2.35. The quantitative estimate of drug-likeness (QED) is 0.481. The molecule has 0 aliphatic heterocycles. The Morgan fingerprint density at radius 1 is 1.44 bits per heavy atom. The second-order valence-electron chi connectivity index (χ2n) is 3.35. The highest BCUT2D eigenvalue weighted by molar-refractivity contribution is 6.29. The summed E-state index contributed by atoms with van der Waals surface area (Å²) in [6, 6.07) is 2.13. The summed E-state index contributed by atoms with van der Waals surface area (Å²) in [7, 11) is 0. The number of halogens is 5. The maximum Gasteiger partial charge on any atom is 0.419 e. The van der Waals surface area contributed by atoms with E-state index in [0.29, 0.717) is 12.1 Å². The Bertz CT molecular complexity index is 445. The van der Waals surface area contributed by atoms with E-state index in [1.807, 2.05) is 0 Å². The molecule has 2 nitrogen and oxygen atoms in total. The summed E-state index contributed by atoms with van der Waals surface area (Å²) in [6.45, 7) is 1.59. The molecule has 0 aliphatic rings. The van der Waals surface area contributed by atoms with E-state index < -0.39 is 28.9 Å². The molecular formula is C11H9ClF4O2. The van der Waals surface area contributed by atoms with Crippen LogP contribution in [0.2, 0.25) is 0 Å². The highest BCUT2D eigenvalue weighted by Crippen LogP contribution is 2.34. The lowest BCUT2D eigenvalue weighted by Crippen LogP contribution is -2.14. The number of carbonyl (C=O) groups excluding carboxylic acids is 1. The van der Waals surface area contributed by atoms with E-state index in [-0.39, 0.29) is 12.2 Å². The van der Waals surface area contributed by atoms with Crippen molar-refractivity contribution in [2.75, 3.05) is 6.61 Å². The fourth-order valence-corrected chi connectivity index (χ4v) is 1.47. The van der Waals surface area contributed by atoms with Crippen LogP contribution in [0.25, 0.3) is 0 Å². The van der Waals surface area contributed by atoms with Crippen molar-refractivity contribution in [3.05, 3.63) is 35.1 Å². The lowest BCUT2D eigenvalue weighted by molar-refractivity contribution is -0.143. The number of hydrogen-bond donors (Lipinski definition) is 0. The van der Waals surface area contributed by atoms with Crippen LogP contribution < -0.4 is 0 Å². The molecule has 1 atom stereocenters. The third-order valence-electron chi connectivity index (χ3n) is 2.08. The molecule has 0 N–H and O–H groups in total. The summed E-state index contributed by atoms with van der Waals surface area (Å²) in [5, 5.41) is -1.40. The van der Waals surface area contributed by atoms with Gasteiger partial charge in [0.2, 0.25) is 0 Å². The van der Waals surface area contributed by atoms with Crippen molar-refractivity contribution in [3.8, 4) is 0 Å². The first-order valence-corrected chi connectivity index (χ1v) is 5.38. The average Bonchev–Trinajstić information content (AvgIpc) is 2.27. The molecule has 0 spiro atoms. The van der Waals surface area contributed by atoms with E-state index >= 15 is 0 Å². The zero-order valence-electron chi connectivity index (χ0n) is 9.22. The predicted molar refractivity (Wildman–Crippen MR) is 56.6 cm³/mol. The van der Waals surface area contributed by atoms with Crippen molar-refractivity contribution in [1.82, 2.24) is 0 Å². The number of alkyl halides is 4. The van der Waals surface area contributed by atoms with Gasteiger partial charge in [0.15, 0.2) is 5.38 Å². The van der Waals surface area contributed by atoms with E-state index in [1.54, 1.807) is 0 Å². The monoisotopic (exact) mass is 284 g/mol. The average molecular weight is 285 g/mol. The first-order chi connectivity index (χ1) is 8.27. The number of carbonyl (C=O) groups is 1. The predicted octanol–water partition coefficient (Wildman–Crippen LogP) is 3.69. The molecule has 0 amide bonds.